The summed E-state index contributed by atoms with van der Waals surface area (Å²) in [7, 11) is -3.48. The van der Waals surface area contributed by atoms with Gasteiger partial charge in [-0.05, 0) is 24.6 Å². The molecule has 2 aliphatic rings. The van der Waals surface area contributed by atoms with Crippen LogP contribution in [0.25, 0.3) is 0 Å². The van der Waals surface area contributed by atoms with Crippen molar-refractivity contribution in [1.82, 2.24) is 9.62 Å². The third kappa shape index (κ3) is 2.49. The zero-order valence-corrected chi connectivity index (χ0v) is 13.8. The van der Waals surface area contributed by atoms with Crippen molar-refractivity contribution in [2.75, 3.05) is 32.8 Å². The molecular weight excluding hydrogens is 343 g/mol. The lowest BCUT2D eigenvalue weighted by Crippen LogP contribution is -2.37. The maximum atomic E-state index is 12.5. The third-order valence-corrected chi connectivity index (χ3v) is 7.62. The van der Waals surface area contributed by atoms with Crippen molar-refractivity contribution in [3.8, 4) is 0 Å². The van der Waals surface area contributed by atoms with Gasteiger partial charge in [0.1, 0.15) is 4.21 Å². The molecule has 2 fully saturated rings. The molecule has 0 spiro atoms. The zero-order valence-electron chi connectivity index (χ0n) is 10.6. The van der Waals surface area contributed by atoms with Crippen molar-refractivity contribution in [3.05, 3.63) is 16.5 Å². The molecule has 0 bridgehead atoms. The van der Waals surface area contributed by atoms with Crippen LogP contribution in [-0.2, 0) is 10.0 Å². The number of thiophene rings is 1. The third-order valence-electron chi connectivity index (χ3n) is 4.11. The standard InChI is InChI=1S/C11H15ClN2O3S2.ClH/c12-9-1-2-10(18-9)19(16,17)14-4-8-3-13-5-11(8,6-14)7-15;/h1-2,8,13,15H,3-7H2;1H. The quantitative estimate of drug-likeness (QED) is 0.846. The minimum Gasteiger partial charge on any atom is -0.396 e. The Bertz CT molecular complexity index is 592. The minimum absolute atomic E-state index is 0. The average molecular weight is 359 g/mol. The second-order valence-electron chi connectivity index (χ2n) is 5.20. The zero-order chi connectivity index (χ0) is 13.7. The van der Waals surface area contributed by atoms with Crippen LogP contribution in [0.5, 0.6) is 0 Å². The molecule has 2 atom stereocenters. The van der Waals surface area contributed by atoms with Gasteiger partial charge in [0.2, 0.25) is 0 Å². The molecule has 20 heavy (non-hydrogen) atoms. The predicted octanol–water partition coefficient (Wildman–Crippen LogP) is 1.03. The van der Waals surface area contributed by atoms with Crippen molar-refractivity contribution in [3.63, 3.8) is 0 Å². The first kappa shape index (κ1) is 16.5. The van der Waals surface area contributed by atoms with E-state index in [4.69, 9.17) is 11.6 Å². The van der Waals surface area contributed by atoms with Crippen molar-refractivity contribution in [2.45, 2.75) is 4.21 Å². The van der Waals surface area contributed by atoms with Crippen LogP contribution in [0.3, 0.4) is 0 Å². The molecule has 9 heteroatoms. The van der Waals surface area contributed by atoms with Gasteiger partial charge in [0.25, 0.3) is 10.0 Å². The van der Waals surface area contributed by atoms with Gasteiger partial charge < -0.3 is 10.4 Å². The van der Waals surface area contributed by atoms with Crippen LogP contribution in [0.2, 0.25) is 4.34 Å². The number of nitrogens with one attached hydrogen (secondary N) is 1. The molecule has 114 valence electrons. The fourth-order valence-corrected chi connectivity index (χ4v) is 6.16. The van der Waals surface area contributed by atoms with Crippen LogP contribution in [0, 0.1) is 11.3 Å². The van der Waals surface area contributed by atoms with E-state index in [1.807, 2.05) is 0 Å². The topological polar surface area (TPSA) is 69.6 Å². The normalized spacial score (nSPS) is 30.2. The molecule has 0 radical (unpaired) electrons. The number of sulfonamides is 1. The Labute approximate surface area is 133 Å². The Morgan fingerprint density at radius 1 is 1.55 bits per heavy atom. The highest BCUT2D eigenvalue weighted by molar-refractivity contribution is 7.91. The van der Waals surface area contributed by atoms with E-state index in [1.165, 1.54) is 4.31 Å². The Morgan fingerprint density at radius 2 is 2.30 bits per heavy atom. The maximum absolute atomic E-state index is 12.5. The SMILES string of the molecule is Cl.O=S(=O)(c1ccc(Cl)s1)N1CC2CNCC2(CO)C1. The highest BCUT2D eigenvalue weighted by Gasteiger charge is 2.52. The number of hydrogen-bond donors (Lipinski definition) is 2. The number of halogens is 2. The highest BCUT2D eigenvalue weighted by Crippen LogP contribution is 2.41. The van der Waals surface area contributed by atoms with Crippen molar-refractivity contribution in [1.29, 1.82) is 0 Å². The van der Waals surface area contributed by atoms with Crippen LogP contribution in [0.1, 0.15) is 0 Å². The van der Waals surface area contributed by atoms with E-state index in [2.05, 4.69) is 5.32 Å². The fraction of sp³-hybridized carbons (Fsp3) is 0.636. The predicted molar refractivity (Wildman–Crippen MR) is 81.2 cm³/mol. The Hall–Kier alpha value is 0.110. The lowest BCUT2D eigenvalue weighted by atomic mass is 9.82. The molecule has 1 aromatic rings. The van der Waals surface area contributed by atoms with Gasteiger partial charge in [-0.1, -0.05) is 11.6 Å². The monoisotopic (exact) mass is 358 g/mol. The van der Waals surface area contributed by atoms with Crippen molar-refractivity contribution < 1.29 is 13.5 Å². The molecule has 0 amide bonds. The molecule has 3 heterocycles. The lowest BCUT2D eigenvalue weighted by molar-refractivity contribution is 0.130. The number of aliphatic hydroxyl groups is 1. The summed E-state index contributed by atoms with van der Waals surface area (Å²) in [5.41, 5.74) is -0.325. The highest BCUT2D eigenvalue weighted by atomic mass is 35.5. The first-order valence-electron chi connectivity index (χ1n) is 6.05. The first-order valence-corrected chi connectivity index (χ1v) is 8.68. The molecule has 1 aromatic heterocycles. The molecule has 2 unspecified atom stereocenters. The number of rotatable bonds is 3. The number of fused-ring (bicyclic) bond motifs is 1. The largest absolute Gasteiger partial charge is 0.396 e. The summed E-state index contributed by atoms with van der Waals surface area (Å²) in [5.74, 6) is 0.183. The molecule has 3 rings (SSSR count). The van der Waals surface area contributed by atoms with Gasteiger partial charge in [-0.3, -0.25) is 0 Å². The maximum Gasteiger partial charge on any atom is 0.252 e. The summed E-state index contributed by atoms with van der Waals surface area (Å²) in [6, 6.07) is 3.14. The Balaban J connectivity index is 0.00000147. The summed E-state index contributed by atoms with van der Waals surface area (Å²) in [5, 5.41) is 12.8. The second-order valence-corrected chi connectivity index (χ2v) is 9.08. The van der Waals surface area contributed by atoms with Gasteiger partial charge in [0.15, 0.2) is 0 Å². The molecule has 0 aliphatic carbocycles. The van der Waals surface area contributed by atoms with Gasteiger partial charge in [0, 0.05) is 25.0 Å². The average Bonchev–Trinajstić information content (AvgIpc) is 3.01. The van der Waals surface area contributed by atoms with Crippen LogP contribution >= 0.6 is 35.3 Å². The van der Waals surface area contributed by atoms with Crippen LogP contribution in [0.4, 0.5) is 0 Å². The van der Waals surface area contributed by atoms with Gasteiger partial charge in [-0.25, -0.2) is 8.42 Å². The molecule has 2 N–H and O–H groups in total. The summed E-state index contributed by atoms with van der Waals surface area (Å²) in [6.45, 7) is 2.29. The van der Waals surface area contributed by atoms with Crippen LogP contribution in [-0.4, -0.2) is 50.6 Å². The van der Waals surface area contributed by atoms with Crippen molar-refractivity contribution in [2.24, 2.45) is 11.3 Å². The van der Waals surface area contributed by atoms with E-state index in [1.54, 1.807) is 12.1 Å². The minimum atomic E-state index is -3.48. The lowest BCUT2D eigenvalue weighted by Gasteiger charge is -2.24. The fourth-order valence-electron chi connectivity index (χ4n) is 2.94. The number of nitrogens with zero attached hydrogens (tertiary/aromatic N) is 1. The van der Waals surface area contributed by atoms with E-state index in [0.29, 0.717) is 24.0 Å². The number of aliphatic hydroxyl groups excluding tert-OH is 1. The number of hydrogen-bond acceptors (Lipinski definition) is 5. The summed E-state index contributed by atoms with van der Waals surface area (Å²) < 4.78 is 27.3. The summed E-state index contributed by atoms with van der Waals surface area (Å²) in [4.78, 5) is 0. The smallest absolute Gasteiger partial charge is 0.252 e. The molecular formula is C11H16Cl2N2O3S2. The Kier molecular flexibility index (Phi) is 4.71. The van der Waals surface area contributed by atoms with Crippen LogP contribution < -0.4 is 5.32 Å². The molecule has 5 nitrogen and oxygen atoms in total. The van der Waals surface area contributed by atoms with E-state index in [-0.39, 0.29) is 34.6 Å². The van der Waals surface area contributed by atoms with Crippen molar-refractivity contribution >= 4 is 45.4 Å². The molecule has 0 saturated carbocycles. The van der Waals surface area contributed by atoms with Gasteiger partial charge in [-0.2, -0.15) is 4.31 Å². The molecule has 2 saturated heterocycles. The van der Waals surface area contributed by atoms with Gasteiger partial charge in [-0.15, -0.1) is 23.7 Å². The summed E-state index contributed by atoms with van der Waals surface area (Å²) >= 11 is 6.88. The summed E-state index contributed by atoms with van der Waals surface area (Å²) in [6.07, 6.45) is 0. The molecule has 2 aliphatic heterocycles. The first-order chi connectivity index (χ1) is 8.98. The van der Waals surface area contributed by atoms with E-state index in [9.17, 15) is 13.5 Å². The van der Waals surface area contributed by atoms with Crippen LogP contribution in [0.15, 0.2) is 16.3 Å². The van der Waals surface area contributed by atoms with Gasteiger partial charge in [0.05, 0.1) is 10.9 Å². The van der Waals surface area contributed by atoms with E-state index < -0.39 is 10.0 Å². The van der Waals surface area contributed by atoms with E-state index in [0.717, 1.165) is 17.9 Å². The van der Waals surface area contributed by atoms with E-state index >= 15 is 0 Å². The molecule has 0 aromatic carbocycles. The second kappa shape index (κ2) is 5.72. The Morgan fingerprint density at radius 3 is 2.85 bits per heavy atom. The van der Waals surface area contributed by atoms with Gasteiger partial charge >= 0.3 is 0 Å².